The van der Waals surface area contributed by atoms with Crippen LogP contribution in [0, 0.1) is 17.1 Å². The molecule has 0 saturated heterocycles. The number of nitrogens with zero attached hydrogens (tertiary/aromatic N) is 1. The Kier molecular flexibility index (Phi) is 8.96. The van der Waals surface area contributed by atoms with E-state index in [1.54, 1.807) is 0 Å². The van der Waals surface area contributed by atoms with Crippen molar-refractivity contribution in [2.24, 2.45) is 0 Å². The van der Waals surface area contributed by atoms with Crippen molar-refractivity contribution < 1.29 is 27.5 Å². The Morgan fingerprint density at radius 3 is 2.36 bits per heavy atom. The highest BCUT2D eigenvalue weighted by atomic mass is 32.2. The van der Waals surface area contributed by atoms with Crippen LogP contribution >= 0.6 is 11.8 Å². The fraction of sp³-hybridized carbons (Fsp3) is 0.263. The second-order valence-corrected chi connectivity index (χ2v) is 6.23. The Balaban J connectivity index is 0.00000190. The van der Waals surface area contributed by atoms with E-state index in [0.717, 1.165) is 23.9 Å². The second-order valence-electron chi connectivity index (χ2n) is 5.14. The Morgan fingerprint density at radius 2 is 1.82 bits per heavy atom. The molecule has 2 aromatic rings. The van der Waals surface area contributed by atoms with E-state index in [2.05, 4.69) is 5.32 Å². The van der Waals surface area contributed by atoms with E-state index in [9.17, 15) is 27.5 Å². The minimum atomic E-state index is -4.75. The molecule has 1 unspecified atom stereocenters. The van der Waals surface area contributed by atoms with Crippen LogP contribution in [-0.4, -0.2) is 22.9 Å². The molecule has 1 atom stereocenters. The predicted molar refractivity (Wildman–Crippen MR) is 99.3 cm³/mol. The highest BCUT2D eigenvalue weighted by Crippen LogP contribution is 2.33. The van der Waals surface area contributed by atoms with Crippen LogP contribution in [0.2, 0.25) is 0 Å². The number of nitrogens with one attached hydrogen (secondary N) is 1. The standard InChI is InChI=1S/C17H12F4N2O2S.C2H6/c18-11-2-5-13(6-3-11)26-9-15(24)16(25)23-12-4-1-10(8-22)14(7-12)17(19,20)21;1-2/h1-7,15,24H,9H2,(H,23,25);1-2H3. The second kappa shape index (κ2) is 10.7. The van der Waals surface area contributed by atoms with Crippen molar-refractivity contribution in [2.75, 3.05) is 11.1 Å². The van der Waals surface area contributed by atoms with E-state index in [1.807, 2.05) is 13.8 Å². The van der Waals surface area contributed by atoms with Crippen LogP contribution in [0.1, 0.15) is 25.0 Å². The summed E-state index contributed by atoms with van der Waals surface area (Å²) in [6.45, 7) is 4.00. The van der Waals surface area contributed by atoms with E-state index in [0.29, 0.717) is 11.0 Å². The number of aliphatic hydroxyl groups is 1. The van der Waals surface area contributed by atoms with Gasteiger partial charge in [0.15, 0.2) is 0 Å². The van der Waals surface area contributed by atoms with Gasteiger partial charge in [-0.2, -0.15) is 18.4 Å². The van der Waals surface area contributed by atoms with Crippen molar-refractivity contribution >= 4 is 23.4 Å². The number of hydrogen-bond acceptors (Lipinski definition) is 4. The molecule has 0 aliphatic rings. The van der Waals surface area contributed by atoms with E-state index in [-0.39, 0.29) is 11.4 Å². The molecule has 0 aliphatic heterocycles. The van der Waals surface area contributed by atoms with E-state index in [4.69, 9.17) is 5.26 Å². The molecule has 1 amide bonds. The lowest BCUT2D eigenvalue weighted by molar-refractivity contribution is -0.137. The van der Waals surface area contributed by atoms with Crippen molar-refractivity contribution in [1.29, 1.82) is 5.26 Å². The van der Waals surface area contributed by atoms with Crippen molar-refractivity contribution in [3.63, 3.8) is 0 Å². The van der Waals surface area contributed by atoms with Gasteiger partial charge in [-0.05, 0) is 42.5 Å². The molecule has 150 valence electrons. The van der Waals surface area contributed by atoms with Gasteiger partial charge in [-0.25, -0.2) is 4.39 Å². The lowest BCUT2D eigenvalue weighted by Gasteiger charge is -2.14. The van der Waals surface area contributed by atoms with E-state index in [1.165, 1.54) is 30.3 Å². The van der Waals surface area contributed by atoms with Crippen LogP contribution in [-0.2, 0) is 11.0 Å². The topological polar surface area (TPSA) is 73.1 Å². The SMILES string of the molecule is CC.N#Cc1ccc(NC(=O)C(O)CSc2ccc(F)cc2)cc1C(F)(F)F. The molecular weight excluding hydrogens is 396 g/mol. The Labute approximate surface area is 164 Å². The van der Waals surface area contributed by atoms with Gasteiger partial charge in [-0.15, -0.1) is 11.8 Å². The van der Waals surface area contributed by atoms with Crippen molar-refractivity contribution in [2.45, 2.75) is 31.0 Å². The summed E-state index contributed by atoms with van der Waals surface area (Å²) in [6.07, 6.45) is -6.24. The summed E-state index contributed by atoms with van der Waals surface area (Å²) < 4.78 is 51.5. The lowest BCUT2D eigenvalue weighted by atomic mass is 10.1. The third-order valence-corrected chi connectivity index (χ3v) is 4.33. The first kappa shape index (κ1) is 23.5. The fourth-order valence-corrected chi connectivity index (χ4v) is 2.79. The lowest BCUT2D eigenvalue weighted by Crippen LogP contribution is -2.29. The summed E-state index contributed by atoms with van der Waals surface area (Å²) >= 11 is 1.09. The highest BCUT2D eigenvalue weighted by Gasteiger charge is 2.34. The number of carbonyl (C=O) groups is 1. The summed E-state index contributed by atoms with van der Waals surface area (Å²) in [4.78, 5) is 12.5. The van der Waals surface area contributed by atoms with Gasteiger partial charge in [0.25, 0.3) is 5.91 Å². The third-order valence-electron chi connectivity index (χ3n) is 3.24. The molecule has 0 aromatic heterocycles. The van der Waals surface area contributed by atoms with E-state index >= 15 is 0 Å². The smallest absolute Gasteiger partial charge is 0.382 e. The molecule has 2 N–H and O–H groups in total. The normalized spacial score (nSPS) is 11.6. The van der Waals surface area contributed by atoms with Crippen LogP contribution in [0.15, 0.2) is 47.4 Å². The Hall–Kier alpha value is -2.57. The number of rotatable bonds is 5. The molecule has 4 nitrogen and oxygen atoms in total. The molecule has 0 radical (unpaired) electrons. The minimum absolute atomic E-state index is 0.0696. The zero-order valence-electron chi connectivity index (χ0n) is 15.0. The Morgan fingerprint density at radius 1 is 1.21 bits per heavy atom. The van der Waals surface area contributed by atoms with Gasteiger partial charge in [-0.3, -0.25) is 4.79 Å². The number of carbonyl (C=O) groups excluding carboxylic acids is 1. The minimum Gasteiger partial charge on any atom is -0.382 e. The number of nitriles is 1. The quantitative estimate of drug-likeness (QED) is 0.543. The number of benzene rings is 2. The van der Waals surface area contributed by atoms with Gasteiger partial charge in [0, 0.05) is 16.3 Å². The monoisotopic (exact) mass is 414 g/mol. The molecule has 0 heterocycles. The Bertz CT molecular complexity index is 833. The summed E-state index contributed by atoms with van der Waals surface area (Å²) in [6, 6.07) is 9.56. The zero-order valence-corrected chi connectivity index (χ0v) is 15.9. The average Bonchev–Trinajstić information content (AvgIpc) is 2.68. The summed E-state index contributed by atoms with van der Waals surface area (Å²) in [7, 11) is 0. The van der Waals surface area contributed by atoms with Gasteiger partial charge in [0.1, 0.15) is 11.9 Å². The molecular formula is C19H18F4N2O2S. The van der Waals surface area contributed by atoms with Crippen molar-refractivity contribution in [3.05, 3.63) is 59.4 Å². The molecule has 9 heteroatoms. The number of thioether (sulfide) groups is 1. The maximum absolute atomic E-state index is 12.9. The maximum Gasteiger partial charge on any atom is 0.417 e. The molecule has 0 fully saturated rings. The number of anilines is 1. The van der Waals surface area contributed by atoms with Crippen LogP contribution in [0.4, 0.5) is 23.2 Å². The van der Waals surface area contributed by atoms with Crippen LogP contribution < -0.4 is 5.32 Å². The summed E-state index contributed by atoms with van der Waals surface area (Å²) in [5.74, 6) is -1.38. The summed E-state index contributed by atoms with van der Waals surface area (Å²) in [5.41, 5.74) is -1.93. The number of halogens is 4. The van der Waals surface area contributed by atoms with Crippen molar-refractivity contribution in [1.82, 2.24) is 0 Å². The zero-order chi connectivity index (χ0) is 21.3. The molecule has 28 heavy (non-hydrogen) atoms. The van der Waals surface area contributed by atoms with Gasteiger partial charge in [0.05, 0.1) is 17.2 Å². The first-order valence-electron chi connectivity index (χ1n) is 8.19. The molecule has 0 bridgehead atoms. The number of aliphatic hydroxyl groups excluding tert-OH is 1. The first-order chi connectivity index (χ1) is 13.2. The van der Waals surface area contributed by atoms with Gasteiger partial charge in [0.2, 0.25) is 0 Å². The first-order valence-corrected chi connectivity index (χ1v) is 9.18. The van der Waals surface area contributed by atoms with Crippen LogP contribution in [0.5, 0.6) is 0 Å². The number of hydrogen-bond donors (Lipinski definition) is 2. The molecule has 0 saturated carbocycles. The van der Waals surface area contributed by atoms with Gasteiger partial charge >= 0.3 is 6.18 Å². The maximum atomic E-state index is 12.9. The van der Waals surface area contributed by atoms with Crippen molar-refractivity contribution in [3.8, 4) is 6.07 Å². The predicted octanol–water partition coefficient (Wildman–Crippen LogP) is 4.83. The van der Waals surface area contributed by atoms with E-state index < -0.39 is 35.1 Å². The third kappa shape index (κ3) is 6.87. The molecule has 2 aromatic carbocycles. The average molecular weight is 414 g/mol. The molecule has 0 aliphatic carbocycles. The largest absolute Gasteiger partial charge is 0.417 e. The van der Waals surface area contributed by atoms with Crippen LogP contribution in [0.25, 0.3) is 0 Å². The molecule has 0 spiro atoms. The fourth-order valence-electron chi connectivity index (χ4n) is 1.96. The number of alkyl halides is 3. The van der Waals surface area contributed by atoms with Gasteiger partial charge < -0.3 is 10.4 Å². The van der Waals surface area contributed by atoms with Crippen LogP contribution in [0.3, 0.4) is 0 Å². The van der Waals surface area contributed by atoms with Gasteiger partial charge in [-0.1, -0.05) is 13.8 Å². The molecule has 2 rings (SSSR count). The highest BCUT2D eigenvalue weighted by molar-refractivity contribution is 7.99. The number of amides is 1. The summed E-state index contributed by atoms with van der Waals surface area (Å²) in [5, 5.41) is 20.8.